The first-order valence-electron chi connectivity index (χ1n) is 28.0. The molecular weight excluding hydrogens is 1210 g/mol. The van der Waals surface area contributed by atoms with Crippen LogP contribution >= 0.6 is 0 Å². The average molecular weight is 1290 g/mol. The van der Waals surface area contributed by atoms with Crippen molar-refractivity contribution in [1.29, 1.82) is 0 Å². The van der Waals surface area contributed by atoms with Crippen molar-refractivity contribution in [2.75, 3.05) is 66.8 Å². The second-order valence-electron chi connectivity index (χ2n) is 22.1. The van der Waals surface area contributed by atoms with Gasteiger partial charge in [-0.15, -0.1) is 0 Å². The van der Waals surface area contributed by atoms with Gasteiger partial charge in [-0.3, -0.25) is 0 Å². The molecule has 5 N–H and O–H groups in total. The maximum Gasteiger partial charge on any atom is 0.534 e. The van der Waals surface area contributed by atoms with Crippen molar-refractivity contribution < 1.29 is 105 Å². The van der Waals surface area contributed by atoms with Crippen LogP contribution in [-0.2, 0) is 71.4 Å². The van der Waals surface area contributed by atoms with E-state index in [0.717, 1.165) is 28.4 Å². The molecule has 4 aliphatic heterocycles. The van der Waals surface area contributed by atoms with Crippen molar-refractivity contribution in [3.63, 3.8) is 0 Å². The van der Waals surface area contributed by atoms with E-state index in [2.05, 4.69) is 14.8 Å². The molecule has 0 bridgehead atoms. The number of alkyl carbamates (subject to hydrolysis) is 2. The molecule has 2 amide bonds. The van der Waals surface area contributed by atoms with Crippen LogP contribution in [0.15, 0.2) is 107 Å². The lowest BCUT2D eigenvalue weighted by molar-refractivity contribution is -0.0909. The summed E-state index contributed by atoms with van der Waals surface area (Å²) in [5.74, 6) is 0.0131. The van der Waals surface area contributed by atoms with Crippen molar-refractivity contribution >= 4 is 42.4 Å². The van der Waals surface area contributed by atoms with Gasteiger partial charge >= 0.3 is 27.8 Å². The normalized spacial score (nSPS) is 21.7. The summed E-state index contributed by atoms with van der Waals surface area (Å²) in [4.78, 5) is 26.0. The van der Waals surface area contributed by atoms with Gasteiger partial charge in [-0.1, -0.05) is 52.0 Å². The van der Waals surface area contributed by atoms with E-state index in [9.17, 15) is 63.3 Å². The summed E-state index contributed by atoms with van der Waals surface area (Å²) in [6.45, 7) is 8.11. The molecule has 0 unspecified atom stereocenters. The van der Waals surface area contributed by atoms with E-state index in [1.807, 2.05) is 13.8 Å². The Balaban J connectivity index is 0.000000252. The number of rotatable bonds is 26. The number of phenols is 1. The van der Waals surface area contributed by atoms with Gasteiger partial charge < -0.3 is 68.0 Å². The van der Waals surface area contributed by atoms with Crippen LogP contribution in [0.1, 0.15) is 51.7 Å². The van der Waals surface area contributed by atoms with E-state index in [1.54, 1.807) is 38.1 Å². The largest absolute Gasteiger partial charge is 0.534 e. The molecular formula is C57H75F3N4O20S3. The highest BCUT2D eigenvalue weighted by atomic mass is 32.2. The lowest BCUT2D eigenvalue weighted by atomic mass is 10.0. The minimum absolute atomic E-state index is 0.0186. The molecule has 4 fully saturated rings. The van der Waals surface area contributed by atoms with E-state index in [-0.39, 0.29) is 91.2 Å². The van der Waals surface area contributed by atoms with Crippen molar-refractivity contribution in [3.8, 4) is 23.0 Å². The van der Waals surface area contributed by atoms with Crippen LogP contribution in [-0.4, -0.2) is 183 Å². The molecule has 4 saturated heterocycles. The molecule has 0 radical (unpaired) electrons. The van der Waals surface area contributed by atoms with Gasteiger partial charge in [0.25, 0.3) is 0 Å². The topological polar surface area (TPSA) is 311 Å². The Morgan fingerprint density at radius 2 is 0.943 bits per heavy atom. The van der Waals surface area contributed by atoms with E-state index >= 15 is 0 Å². The molecule has 4 aromatic carbocycles. The Bertz CT molecular complexity index is 3220. The summed E-state index contributed by atoms with van der Waals surface area (Å²) in [6.07, 6.45) is -5.09. The molecule has 24 nitrogen and oxygen atoms in total. The number of carbonyl (C=O) groups excluding carboxylic acids is 2. The van der Waals surface area contributed by atoms with Crippen LogP contribution in [0.4, 0.5) is 22.8 Å². The predicted octanol–water partition coefficient (Wildman–Crippen LogP) is 5.54. The first kappa shape index (κ1) is 68.4. The number of carbonyl (C=O) groups is 2. The molecule has 4 heterocycles. The number of aromatic hydroxyl groups is 1. The first-order chi connectivity index (χ1) is 41.1. The number of methoxy groups -OCH3 is 2. The summed E-state index contributed by atoms with van der Waals surface area (Å²) in [7, 11) is -11.1. The highest BCUT2D eigenvalue weighted by molar-refractivity contribution is 7.89. The van der Waals surface area contributed by atoms with E-state index < -0.39 is 103 Å². The van der Waals surface area contributed by atoms with E-state index in [4.69, 9.17) is 37.9 Å². The molecule has 482 valence electrons. The summed E-state index contributed by atoms with van der Waals surface area (Å²) in [6, 6.07) is 20.5. The highest BCUT2D eigenvalue weighted by Crippen LogP contribution is 2.35. The molecule has 4 aliphatic rings. The van der Waals surface area contributed by atoms with Gasteiger partial charge in [0.15, 0.2) is 12.6 Å². The summed E-state index contributed by atoms with van der Waals surface area (Å²) in [5, 5.41) is 37.8. The summed E-state index contributed by atoms with van der Waals surface area (Å²) >= 11 is 0. The van der Waals surface area contributed by atoms with Crippen molar-refractivity contribution in [1.82, 2.24) is 19.2 Å². The highest BCUT2D eigenvalue weighted by Gasteiger charge is 2.49. The monoisotopic (exact) mass is 1290 g/mol. The lowest BCUT2D eigenvalue weighted by Gasteiger charge is -2.31. The van der Waals surface area contributed by atoms with Gasteiger partial charge in [0.05, 0.1) is 86.6 Å². The van der Waals surface area contributed by atoms with Crippen LogP contribution in [0.25, 0.3) is 0 Å². The summed E-state index contributed by atoms with van der Waals surface area (Å²) in [5.41, 5.74) is -4.56. The second-order valence-corrected chi connectivity index (χ2v) is 27.5. The Kier molecular flexibility index (Phi) is 23.6. The minimum Gasteiger partial charge on any atom is -0.508 e. The number of nitrogens with zero attached hydrogens (tertiary/aromatic N) is 2. The minimum atomic E-state index is -5.90. The quantitative estimate of drug-likeness (QED) is 0.0381. The maximum atomic E-state index is 13.7. The SMILES string of the molecule is COc1ccc(S(=O)(=O)N(CC(C)C)C[C@@H](O)[C@H](Cc2ccc(O)cc2)NC(=O)O[C@H]2CO[C@H]3OCC[C@H]32)cc1.COc1ccc(S(=O)(=O)N(CC(C)C)C[C@@H](O)[C@H](Cc2ccc(OS(=O)(=O)C(F)(F)F)cc2)NC(=O)O[C@H]2CO[C@H]3OCC[C@H]32)cc1. The molecule has 87 heavy (non-hydrogen) atoms. The van der Waals surface area contributed by atoms with Gasteiger partial charge in [-0.25, -0.2) is 26.4 Å². The molecule has 4 aromatic rings. The van der Waals surface area contributed by atoms with Crippen LogP contribution in [0, 0.1) is 23.7 Å². The number of benzene rings is 4. The van der Waals surface area contributed by atoms with Crippen molar-refractivity contribution in [3.05, 3.63) is 108 Å². The number of ether oxygens (including phenoxy) is 8. The third-order valence-electron chi connectivity index (χ3n) is 14.6. The predicted molar refractivity (Wildman–Crippen MR) is 305 cm³/mol. The number of nitrogens with one attached hydrogen (secondary N) is 2. The zero-order chi connectivity index (χ0) is 63.4. The fraction of sp³-hybridized carbons (Fsp3) is 0.544. The molecule has 8 rings (SSSR count). The van der Waals surface area contributed by atoms with Gasteiger partial charge in [-0.2, -0.15) is 30.2 Å². The molecule has 0 spiro atoms. The summed E-state index contributed by atoms with van der Waals surface area (Å²) < 4.78 is 165. The molecule has 30 heteroatoms. The third kappa shape index (κ3) is 18.5. The zero-order valence-corrected chi connectivity index (χ0v) is 51.1. The van der Waals surface area contributed by atoms with Crippen LogP contribution in [0.2, 0.25) is 0 Å². The maximum absolute atomic E-state index is 13.7. The number of alkyl halides is 3. The zero-order valence-electron chi connectivity index (χ0n) is 48.7. The van der Waals surface area contributed by atoms with Gasteiger partial charge in [0.1, 0.15) is 35.2 Å². The number of sulfonamides is 2. The first-order valence-corrected chi connectivity index (χ1v) is 32.3. The Hall–Kier alpha value is -6.06. The molecule has 0 aromatic heterocycles. The van der Waals surface area contributed by atoms with E-state index in [0.29, 0.717) is 36.7 Å². The number of fused-ring (bicyclic) bond motifs is 2. The number of amides is 2. The Labute approximate surface area is 504 Å². The Morgan fingerprint density at radius 3 is 1.30 bits per heavy atom. The fourth-order valence-corrected chi connectivity index (χ4v) is 13.8. The Morgan fingerprint density at radius 1 is 0.575 bits per heavy atom. The molecule has 10 atom stereocenters. The fourth-order valence-electron chi connectivity index (χ4n) is 10.1. The van der Waals surface area contributed by atoms with Gasteiger partial charge in [0.2, 0.25) is 20.0 Å². The number of phenolic OH excluding ortho intramolecular Hbond substituents is 1. The van der Waals surface area contributed by atoms with Crippen LogP contribution in [0.5, 0.6) is 23.0 Å². The third-order valence-corrected chi connectivity index (χ3v) is 19.3. The number of hydrogen-bond donors (Lipinski definition) is 5. The molecule has 0 saturated carbocycles. The number of aliphatic hydroxyl groups excluding tert-OH is 2. The number of halogens is 3. The standard InChI is InChI=1S/C29H37F3N2O11S2.C28H38N2O9S/c1-18(2)15-34(46(37,38)22-10-8-20(41-3)9-11-22)16-25(35)24(33-28(36)44-26-17-43-27-23(26)12-13-42-27)14-19-4-6-21(7-5-19)45-47(39,40)29(30,31)32;1-18(2)15-30(40(34,35)22-10-8-21(36-3)9-11-22)16-25(32)24(14-19-4-6-20(31)7-5-19)29-28(33)39-26-17-38-27-23(26)12-13-37-27/h4-11,18,23-27,35H,12-17H2,1-3H3,(H,33,36);4-11,18,23-27,31-32H,12-17H2,1-3H3,(H,29,33)/t2*23-,24-,25+,26-,27+/m00/s1. The number of aliphatic hydroxyl groups is 2. The average Bonchev–Trinajstić information content (AvgIpc) is 2.09. The lowest BCUT2D eigenvalue weighted by Crippen LogP contribution is -2.51. The van der Waals surface area contributed by atoms with Crippen molar-refractivity contribution in [2.45, 2.75) is 118 Å². The van der Waals surface area contributed by atoms with Gasteiger partial charge in [0, 0.05) is 26.2 Å². The van der Waals surface area contributed by atoms with Gasteiger partial charge in [-0.05, 0) is 121 Å². The number of hydrogen-bond acceptors (Lipinski definition) is 20. The molecule has 0 aliphatic carbocycles. The van der Waals surface area contributed by atoms with Crippen LogP contribution in [0.3, 0.4) is 0 Å². The van der Waals surface area contributed by atoms with Crippen molar-refractivity contribution in [2.24, 2.45) is 23.7 Å². The van der Waals surface area contributed by atoms with E-state index in [1.165, 1.54) is 79.2 Å². The smallest absolute Gasteiger partial charge is 0.508 e. The second kappa shape index (κ2) is 30.0. The van der Waals surface area contributed by atoms with Crippen LogP contribution < -0.4 is 24.3 Å².